The van der Waals surface area contributed by atoms with E-state index in [9.17, 15) is 15.0 Å². The second-order valence-corrected chi connectivity index (χ2v) is 9.74. The van der Waals surface area contributed by atoms with Crippen LogP contribution in [-0.2, 0) is 4.79 Å². The van der Waals surface area contributed by atoms with Crippen molar-refractivity contribution in [2.24, 2.45) is 23.7 Å². The monoisotopic (exact) mass is 414 g/mol. The van der Waals surface area contributed by atoms with Crippen molar-refractivity contribution < 1.29 is 20.1 Å². The second-order valence-electron chi connectivity index (χ2n) is 9.74. The summed E-state index contributed by atoms with van der Waals surface area (Å²) in [7, 11) is 0. The van der Waals surface area contributed by atoms with Gasteiger partial charge in [0.05, 0.1) is 18.1 Å². The number of rotatable bonds is 8. The molecule has 2 heterocycles. The van der Waals surface area contributed by atoms with Crippen LogP contribution in [0.4, 0.5) is 0 Å². The Balaban J connectivity index is 0.000000291. The Kier molecular flexibility index (Phi) is 12.3. The average molecular weight is 415 g/mol. The molecule has 0 aromatic rings. The number of nitrogens with zero attached hydrogens (tertiary/aromatic N) is 2. The molecule has 0 amide bonds. The summed E-state index contributed by atoms with van der Waals surface area (Å²) >= 11 is 0. The van der Waals surface area contributed by atoms with Crippen molar-refractivity contribution >= 4 is 5.97 Å². The molecular weight excluding hydrogens is 368 g/mol. The van der Waals surface area contributed by atoms with Crippen LogP contribution >= 0.6 is 0 Å². The summed E-state index contributed by atoms with van der Waals surface area (Å²) in [4.78, 5) is 15.3. The summed E-state index contributed by atoms with van der Waals surface area (Å²) in [5.74, 6) is 0.521. The number of aliphatic carboxylic acids is 1. The zero-order valence-corrected chi connectivity index (χ0v) is 19.4. The van der Waals surface area contributed by atoms with Crippen molar-refractivity contribution in [1.82, 2.24) is 9.80 Å². The molecule has 0 spiro atoms. The molecule has 29 heavy (non-hydrogen) atoms. The molecule has 6 heteroatoms. The number of likely N-dealkylation sites (tertiary alicyclic amines) is 2. The van der Waals surface area contributed by atoms with E-state index in [1.54, 1.807) is 0 Å². The zero-order chi connectivity index (χ0) is 22.0. The number of aliphatic hydroxyl groups is 2. The highest BCUT2D eigenvalue weighted by Crippen LogP contribution is 2.20. The van der Waals surface area contributed by atoms with Gasteiger partial charge >= 0.3 is 5.97 Å². The maximum Gasteiger partial charge on any atom is 0.307 e. The van der Waals surface area contributed by atoms with E-state index in [2.05, 4.69) is 30.6 Å². The first-order valence-corrected chi connectivity index (χ1v) is 11.7. The van der Waals surface area contributed by atoms with Crippen LogP contribution in [0.5, 0.6) is 0 Å². The summed E-state index contributed by atoms with van der Waals surface area (Å²) in [6.45, 7) is 15.7. The van der Waals surface area contributed by atoms with Gasteiger partial charge in [0.25, 0.3) is 0 Å². The van der Waals surface area contributed by atoms with Gasteiger partial charge in [-0.3, -0.25) is 9.69 Å². The van der Waals surface area contributed by atoms with Gasteiger partial charge in [-0.2, -0.15) is 0 Å². The number of carbonyl (C=O) groups is 1. The maximum atomic E-state index is 10.8. The van der Waals surface area contributed by atoms with Crippen molar-refractivity contribution in [3.63, 3.8) is 0 Å². The molecule has 3 N–H and O–H groups in total. The fourth-order valence-electron chi connectivity index (χ4n) is 4.02. The van der Waals surface area contributed by atoms with Crippen molar-refractivity contribution in [2.75, 3.05) is 39.3 Å². The Morgan fingerprint density at radius 2 is 1.38 bits per heavy atom. The molecule has 2 aliphatic rings. The third-order valence-corrected chi connectivity index (χ3v) is 6.46. The smallest absolute Gasteiger partial charge is 0.307 e. The number of piperidine rings is 2. The van der Waals surface area contributed by atoms with Gasteiger partial charge in [-0.25, -0.2) is 0 Å². The molecule has 0 radical (unpaired) electrons. The van der Waals surface area contributed by atoms with Gasteiger partial charge in [-0.15, -0.1) is 0 Å². The maximum absolute atomic E-state index is 10.8. The summed E-state index contributed by atoms with van der Waals surface area (Å²) in [6.07, 6.45) is 5.16. The van der Waals surface area contributed by atoms with Crippen LogP contribution in [0.1, 0.15) is 66.7 Å². The molecule has 2 rings (SSSR count). The first kappa shape index (κ1) is 26.3. The quantitative estimate of drug-likeness (QED) is 0.566. The lowest BCUT2D eigenvalue weighted by Gasteiger charge is -2.34. The lowest BCUT2D eigenvalue weighted by Crippen LogP contribution is -2.43. The van der Waals surface area contributed by atoms with Crippen LogP contribution in [0.2, 0.25) is 0 Å². The molecular formula is C23H46N2O4. The Morgan fingerprint density at radius 3 is 1.83 bits per heavy atom. The molecule has 0 aromatic heterocycles. The molecule has 4 unspecified atom stereocenters. The van der Waals surface area contributed by atoms with E-state index in [0.717, 1.165) is 31.8 Å². The van der Waals surface area contributed by atoms with E-state index in [1.807, 2.05) is 13.8 Å². The van der Waals surface area contributed by atoms with Gasteiger partial charge in [0.15, 0.2) is 0 Å². The summed E-state index contributed by atoms with van der Waals surface area (Å²) in [5.41, 5.74) is 0. The number of carboxylic acid groups (broad SMARTS) is 1. The van der Waals surface area contributed by atoms with E-state index in [1.165, 1.54) is 32.4 Å². The first-order valence-electron chi connectivity index (χ1n) is 11.7. The van der Waals surface area contributed by atoms with E-state index in [-0.39, 0.29) is 24.0 Å². The van der Waals surface area contributed by atoms with Gasteiger partial charge in [0.2, 0.25) is 0 Å². The van der Waals surface area contributed by atoms with Crippen LogP contribution in [0.25, 0.3) is 0 Å². The highest BCUT2D eigenvalue weighted by molar-refractivity contribution is 5.70. The van der Waals surface area contributed by atoms with Gasteiger partial charge < -0.3 is 20.2 Å². The molecule has 2 saturated heterocycles. The van der Waals surface area contributed by atoms with Crippen LogP contribution in [0.3, 0.4) is 0 Å². The molecule has 0 saturated carbocycles. The van der Waals surface area contributed by atoms with Crippen LogP contribution in [-0.4, -0.2) is 82.6 Å². The third-order valence-electron chi connectivity index (χ3n) is 6.46. The standard InChI is InChI=1S/C12H25NO.C11H21NO3/c1-4-11-6-5-7-13(8-11)9-12(14)10(2)3;1-8(2)10(13)7-12-5-3-4-9(6-12)11(14)15/h10-12,14H,4-9H2,1-3H3;8-10,13H,3-7H2,1-2H3,(H,14,15). The van der Waals surface area contributed by atoms with E-state index >= 15 is 0 Å². The van der Waals surface area contributed by atoms with E-state index < -0.39 is 5.97 Å². The molecule has 172 valence electrons. The largest absolute Gasteiger partial charge is 0.481 e. The van der Waals surface area contributed by atoms with E-state index in [0.29, 0.717) is 19.0 Å². The average Bonchev–Trinajstić information content (AvgIpc) is 2.68. The van der Waals surface area contributed by atoms with Crippen molar-refractivity contribution in [3.05, 3.63) is 0 Å². The minimum absolute atomic E-state index is 0.148. The van der Waals surface area contributed by atoms with Gasteiger partial charge in [-0.05, 0) is 56.5 Å². The van der Waals surface area contributed by atoms with Crippen LogP contribution in [0, 0.1) is 23.7 Å². The van der Waals surface area contributed by atoms with Gasteiger partial charge in [0.1, 0.15) is 0 Å². The second kappa shape index (κ2) is 13.6. The summed E-state index contributed by atoms with van der Waals surface area (Å²) in [6, 6.07) is 0. The van der Waals surface area contributed by atoms with E-state index in [4.69, 9.17) is 5.11 Å². The number of β-amino-alcohol motifs (C(OH)–C–C–N with tert-alkyl or cyclic N) is 2. The van der Waals surface area contributed by atoms with Crippen LogP contribution < -0.4 is 0 Å². The molecule has 6 nitrogen and oxygen atoms in total. The Hall–Kier alpha value is -0.690. The predicted molar refractivity (Wildman–Crippen MR) is 118 cm³/mol. The summed E-state index contributed by atoms with van der Waals surface area (Å²) < 4.78 is 0. The molecule has 0 aromatic carbocycles. The Labute approximate surface area is 178 Å². The SMILES string of the molecule is CC(C)C(O)CN1CCCC(C(=O)O)C1.CCC1CCCN(CC(O)C(C)C)C1. The number of aliphatic hydroxyl groups excluding tert-OH is 2. The topological polar surface area (TPSA) is 84.2 Å². The third kappa shape index (κ3) is 10.3. The van der Waals surface area contributed by atoms with Crippen molar-refractivity contribution in [3.8, 4) is 0 Å². The summed E-state index contributed by atoms with van der Waals surface area (Å²) in [5, 5.41) is 28.4. The van der Waals surface area contributed by atoms with Gasteiger partial charge in [0, 0.05) is 26.2 Å². The number of carboxylic acids is 1. The minimum Gasteiger partial charge on any atom is -0.481 e. The Bertz CT molecular complexity index is 458. The first-order chi connectivity index (χ1) is 13.6. The Morgan fingerprint density at radius 1 is 0.897 bits per heavy atom. The molecule has 2 aliphatic heterocycles. The molecule has 2 fully saturated rings. The highest BCUT2D eigenvalue weighted by atomic mass is 16.4. The predicted octanol–water partition coefficient (Wildman–Crippen LogP) is 2.93. The number of hydrogen-bond donors (Lipinski definition) is 3. The molecule has 0 bridgehead atoms. The minimum atomic E-state index is -0.710. The highest BCUT2D eigenvalue weighted by Gasteiger charge is 2.27. The zero-order valence-electron chi connectivity index (χ0n) is 19.4. The van der Waals surface area contributed by atoms with Gasteiger partial charge in [-0.1, -0.05) is 41.0 Å². The lowest BCUT2D eigenvalue weighted by molar-refractivity contribution is -0.143. The lowest BCUT2D eigenvalue weighted by atomic mass is 9.95. The molecule has 0 aliphatic carbocycles. The number of hydrogen-bond acceptors (Lipinski definition) is 5. The van der Waals surface area contributed by atoms with Crippen molar-refractivity contribution in [2.45, 2.75) is 78.9 Å². The fourth-order valence-corrected chi connectivity index (χ4v) is 4.02. The van der Waals surface area contributed by atoms with Crippen LogP contribution in [0.15, 0.2) is 0 Å². The fraction of sp³-hybridized carbons (Fsp3) is 0.957. The normalized spacial score (nSPS) is 26.1. The molecule has 4 atom stereocenters. The van der Waals surface area contributed by atoms with Crippen molar-refractivity contribution in [1.29, 1.82) is 0 Å².